The fourth-order valence-electron chi connectivity index (χ4n) is 1.65. The van der Waals surface area contributed by atoms with Gasteiger partial charge in [-0.15, -0.1) is 0 Å². The van der Waals surface area contributed by atoms with Crippen LogP contribution in [0.1, 0.15) is 18.5 Å². The van der Waals surface area contributed by atoms with E-state index in [4.69, 9.17) is 5.73 Å². The number of para-hydroxylation sites is 1. The van der Waals surface area contributed by atoms with Crippen LogP contribution in [0.4, 0.5) is 0 Å². The Balaban J connectivity index is 2.56. The molecule has 0 saturated heterocycles. The number of H-pyrrole nitrogens is 1. The van der Waals surface area contributed by atoms with Gasteiger partial charge in [-0.3, -0.25) is 0 Å². The van der Waals surface area contributed by atoms with Crippen LogP contribution in [0.2, 0.25) is 0 Å². The SMILES string of the molecule is CC(O)C(N)c1cccc2cc[nH]c12. The molecule has 0 saturated carbocycles. The lowest BCUT2D eigenvalue weighted by molar-refractivity contribution is 0.165. The smallest absolute Gasteiger partial charge is 0.0705 e. The van der Waals surface area contributed by atoms with E-state index in [-0.39, 0.29) is 6.04 Å². The van der Waals surface area contributed by atoms with Crippen molar-refractivity contribution in [2.24, 2.45) is 5.73 Å². The Bertz CT molecular complexity index is 434. The molecule has 14 heavy (non-hydrogen) atoms. The number of rotatable bonds is 2. The van der Waals surface area contributed by atoms with Crippen molar-refractivity contribution in [2.75, 3.05) is 0 Å². The topological polar surface area (TPSA) is 62.0 Å². The minimum absolute atomic E-state index is 0.336. The minimum Gasteiger partial charge on any atom is -0.391 e. The molecule has 0 radical (unpaired) electrons. The highest BCUT2D eigenvalue weighted by atomic mass is 16.3. The third kappa shape index (κ3) is 1.41. The molecule has 2 rings (SSSR count). The molecule has 0 spiro atoms. The molecule has 1 heterocycles. The van der Waals surface area contributed by atoms with Crippen molar-refractivity contribution in [3.63, 3.8) is 0 Å². The maximum atomic E-state index is 9.43. The number of fused-ring (bicyclic) bond motifs is 1. The zero-order chi connectivity index (χ0) is 10.1. The molecule has 3 heteroatoms. The van der Waals surface area contributed by atoms with Crippen LogP contribution in [0.15, 0.2) is 30.5 Å². The summed E-state index contributed by atoms with van der Waals surface area (Å²) in [5, 5.41) is 10.6. The molecule has 0 aliphatic carbocycles. The summed E-state index contributed by atoms with van der Waals surface area (Å²) in [4.78, 5) is 3.13. The lowest BCUT2D eigenvalue weighted by atomic mass is 10.0. The summed E-state index contributed by atoms with van der Waals surface area (Å²) in [6.45, 7) is 1.70. The molecule has 74 valence electrons. The van der Waals surface area contributed by atoms with E-state index in [1.807, 2.05) is 30.5 Å². The van der Waals surface area contributed by atoms with E-state index in [0.29, 0.717) is 0 Å². The van der Waals surface area contributed by atoms with Gasteiger partial charge in [0, 0.05) is 6.20 Å². The van der Waals surface area contributed by atoms with Crippen LogP contribution in [0.3, 0.4) is 0 Å². The number of benzene rings is 1. The maximum absolute atomic E-state index is 9.43. The van der Waals surface area contributed by atoms with Crippen LogP contribution >= 0.6 is 0 Å². The van der Waals surface area contributed by atoms with Crippen molar-refractivity contribution in [3.8, 4) is 0 Å². The Hall–Kier alpha value is -1.32. The van der Waals surface area contributed by atoms with Crippen LogP contribution < -0.4 is 5.73 Å². The third-order valence-electron chi connectivity index (χ3n) is 2.50. The fourth-order valence-corrected chi connectivity index (χ4v) is 1.65. The molecular formula is C11H14N2O. The predicted octanol–water partition coefficient (Wildman–Crippen LogP) is 1.55. The summed E-state index contributed by atoms with van der Waals surface area (Å²) in [5.41, 5.74) is 7.87. The average molecular weight is 190 g/mol. The summed E-state index contributed by atoms with van der Waals surface area (Å²) >= 11 is 0. The molecule has 1 aromatic heterocycles. The largest absolute Gasteiger partial charge is 0.391 e. The van der Waals surface area contributed by atoms with Crippen molar-refractivity contribution in [3.05, 3.63) is 36.0 Å². The highest BCUT2D eigenvalue weighted by molar-refractivity contribution is 5.82. The van der Waals surface area contributed by atoms with E-state index >= 15 is 0 Å². The molecule has 2 atom stereocenters. The summed E-state index contributed by atoms with van der Waals surface area (Å²) in [7, 11) is 0. The Morgan fingerprint density at radius 2 is 2.14 bits per heavy atom. The summed E-state index contributed by atoms with van der Waals surface area (Å²) in [6.07, 6.45) is 1.34. The lowest BCUT2D eigenvalue weighted by Crippen LogP contribution is -2.23. The maximum Gasteiger partial charge on any atom is 0.0705 e. The molecule has 0 aliphatic rings. The van der Waals surface area contributed by atoms with Crippen LogP contribution in [-0.4, -0.2) is 16.2 Å². The highest BCUT2D eigenvalue weighted by Gasteiger charge is 2.14. The van der Waals surface area contributed by atoms with Gasteiger partial charge in [-0.2, -0.15) is 0 Å². The van der Waals surface area contributed by atoms with Gasteiger partial charge in [-0.25, -0.2) is 0 Å². The Kier molecular flexibility index (Phi) is 2.27. The van der Waals surface area contributed by atoms with Gasteiger partial charge in [0.2, 0.25) is 0 Å². The van der Waals surface area contributed by atoms with Crippen LogP contribution in [0.5, 0.6) is 0 Å². The Labute approximate surface area is 82.6 Å². The zero-order valence-corrected chi connectivity index (χ0v) is 8.07. The molecule has 2 unspecified atom stereocenters. The number of nitrogens with two attached hydrogens (primary N) is 1. The number of aliphatic hydroxyl groups excluding tert-OH is 1. The number of hydrogen-bond donors (Lipinski definition) is 3. The quantitative estimate of drug-likeness (QED) is 0.672. The number of hydrogen-bond acceptors (Lipinski definition) is 2. The summed E-state index contributed by atoms with van der Waals surface area (Å²) < 4.78 is 0. The number of aromatic amines is 1. The van der Waals surface area contributed by atoms with Crippen molar-refractivity contribution in [1.29, 1.82) is 0 Å². The second-order valence-corrected chi connectivity index (χ2v) is 3.56. The molecule has 3 nitrogen and oxygen atoms in total. The molecule has 0 bridgehead atoms. The first-order valence-electron chi connectivity index (χ1n) is 4.70. The van der Waals surface area contributed by atoms with Gasteiger partial charge in [-0.05, 0) is 23.9 Å². The standard InChI is InChI=1S/C11H14N2O/c1-7(14)10(12)9-4-2-3-8-5-6-13-11(8)9/h2-7,10,13-14H,12H2,1H3. The first-order chi connectivity index (χ1) is 6.70. The summed E-state index contributed by atoms with van der Waals surface area (Å²) in [5.74, 6) is 0. The first kappa shape index (κ1) is 9.24. The molecule has 0 fully saturated rings. The van der Waals surface area contributed by atoms with E-state index in [1.54, 1.807) is 6.92 Å². The van der Waals surface area contributed by atoms with Gasteiger partial charge < -0.3 is 15.8 Å². The molecule has 1 aromatic carbocycles. The zero-order valence-electron chi connectivity index (χ0n) is 8.07. The van der Waals surface area contributed by atoms with Gasteiger partial charge in [0.05, 0.1) is 17.7 Å². The molecular weight excluding hydrogens is 176 g/mol. The van der Waals surface area contributed by atoms with E-state index in [9.17, 15) is 5.11 Å². The monoisotopic (exact) mass is 190 g/mol. The fraction of sp³-hybridized carbons (Fsp3) is 0.273. The Morgan fingerprint density at radius 3 is 2.86 bits per heavy atom. The van der Waals surface area contributed by atoms with E-state index in [2.05, 4.69) is 4.98 Å². The number of aliphatic hydroxyl groups is 1. The average Bonchev–Trinajstić information content (AvgIpc) is 2.63. The number of nitrogens with one attached hydrogen (secondary N) is 1. The number of aromatic nitrogens is 1. The molecule has 0 aliphatic heterocycles. The predicted molar refractivity (Wildman–Crippen MR) is 56.9 cm³/mol. The van der Waals surface area contributed by atoms with Crippen molar-refractivity contribution in [2.45, 2.75) is 19.1 Å². The first-order valence-corrected chi connectivity index (χ1v) is 4.70. The van der Waals surface area contributed by atoms with Crippen molar-refractivity contribution in [1.82, 2.24) is 4.98 Å². The van der Waals surface area contributed by atoms with Gasteiger partial charge in [0.15, 0.2) is 0 Å². The summed E-state index contributed by atoms with van der Waals surface area (Å²) in [6, 6.07) is 7.57. The van der Waals surface area contributed by atoms with Crippen LogP contribution in [0, 0.1) is 0 Å². The molecule has 2 aromatic rings. The van der Waals surface area contributed by atoms with E-state index in [1.165, 1.54) is 0 Å². The van der Waals surface area contributed by atoms with Crippen LogP contribution in [0.25, 0.3) is 10.9 Å². The Morgan fingerprint density at radius 1 is 1.36 bits per heavy atom. The van der Waals surface area contributed by atoms with E-state index < -0.39 is 6.10 Å². The van der Waals surface area contributed by atoms with E-state index in [0.717, 1.165) is 16.5 Å². The van der Waals surface area contributed by atoms with Gasteiger partial charge >= 0.3 is 0 Å². The minimum atomic E-state index is -0.538. The normalized spacial score (nSPS) is 15.6. The highest BCUT2D eigenvalue weighted by Crippen LogP contribution is 2.23. The van der Waals surface area contributed by atoms with Gasteiger partial charge in [0.25, 0.3) is 0 Å². The molecule has 0 amide bonds. The van der Waals surface area contributed by atoms with Gasteiger partial charge in [0.1, 0.15) is 0 Å². The second kappa shape index (κ2) is 3.44. The van der Waals surface area contributed by atoms with Gasteiger partial charge in [-0.1, -0.05) is 18.2 Å². The molecule has 4 N–H and O–H groups in total. The lowest BCUT2D eigenvalue weighted by Gasteiger charge is -2.15. The second-order valence-electron chi connectivity index (χ2n) is 3.56. The van der Waals surface area contributed by atoms with Crippen molar-refractivity contribution < 1.29 is 5.11 Å². The van der Waals surface area contributed by atoms with Crippen LogP contribution in [-0.2, 0) is 0 Å². The third-order valence-corrected chi connectivity index (χ3v) is 2.50. The van der Waals surface area contributed by atoms with Crippen molar-refractivity contribution >= 4 is 10.9 Å².